The van der Waals surface area contributed by atoms with Crippen LogP contribution in [0, 0.1) is 12.8 Å². The lowest BCUT2D eigenvalue weighted by molar-refractivity contribution is 0.211. The highest BCUT2D eigenvalue weighted by atomic mass is 15.2. The fourth-order valence-corrected chi connectivity index (χ4v) is 3.07. The van der Waals surface area contributed by atoms with Crippen molar-refractivity contribution in [3.63, 3.8) is 0 Å². The van der Waals surface area contributed by atoms with E-state index in [4.69, 9.17) is 5.73 Å². The number of hydrogen-bond acceptors (Lipinski definition) is 3. The molecule has 1 heterocycles. The van der Waals surface area contributed by atoms with Crippen LogP contribution in [-0.2, 0) is 0 Å². The first-order chi connectivity index (χ1) is 9.10. The zero-order valence-corrected chi connectivity index (χ0v) is 12.5. The Morgan fingerprint density at radius 3 is 2.58 bits per heavy atom. The Labute approximate surface area is 117 Å². The lowest BCUT2D eigenvalue weighted by atomic mass is 10.0. The molecule has 1 saturated heterocycles. The van der Waals surface area contributed by atoms with Gasteiger partial charge in [0.05, 0.1) is 0 Å². The summed E-state index contributed by atoms with van der Waals surface area (Å²) < 4.78 is 0. The molecule has 0 saturated carbocycles. The van der Waals surface area contributed by atoms with E-state index in [1.807, 2.05) is 0 Å². The van der Waals surface area contributed by atoms with Crippen molar-refractivity contribution in [3.8, 4) is 0 Å². The van der Waals surface area contributed by atoms with Crippen LogP contribution < -0.4 is 5.73 Å². The van der Waals surface area contributed by atoms with Crippen molar-refractivity contribution in [1.82, 2.24) is 9.80 Å². The second-order valence-corrected chi connectivity index (χ2v) is 6.02. The van der Waals surface area contributed by atoms with E-state index in [9.17, 15) is 0 Å². The van der Waals surface area contributed by atoms with Gasteiger partial charge < -0.3 is 10.6 Å². The molecular formula is C16H27N3. The Kier molecular flexibility index (Phi) is 4.97. The third-order valence-electron chi connectivity index (χ3n) is 4.25. The molecular weight excluding hydrogens is 234 g/mol. The number of nitrogens with zero attached hydrogens (tertiary/aromatic N) is 2. The van der Waals surface area contributed by atoms with Crippen molar-refractivity contribution in [3.05, 3.63) is 35.4 Å². The second kappa shape index (κ2) is 6.51. The summed E-state index contributed by atoms with van der Waals surface area (Å²) in [5, 5.41) is 0. The first-order valence-electron chi connectivity index (χ1n) is 7.25. The number of likely N-dealkylation sites (N-methyl/N-ethyl adjacent to an activating group) is 1. The molecule has 0 aromatic heterocycles. The fraction of sp³-hybridized carbons (Fsp3) is 0.625. The summed E-state index contributed by atoms with van der Waals surface area (Å²) in [7, 11) is 4.41. The Hall–Kier alpha value is -0.900. The molecule has 0 aliphatic carbocycles. The molecule has 1 aliphatic rings. The lowest BCUT2D eigenvalue weighted by Crippen LogP contribution is -2.35. The molecule has 0 radical (unpaired) electrons. The van der Waals surface area contributed by atoms with Gasteiger partial charge in [-0.3, -0.25) is 4.90 Å². The average Bonchev–Trinajstić information content (AvgIpc) is 2.78. The molecule has 1 fully saturated rings. The summed E-state index contributed by atoms with van der Waals surface area (Å²) in [6.07, 6.45) is 1.31. The highest BCUT2D eigenvalue weighted by Gasteiger charge is 2.24. The normalized spacial score (nSPS) is 22.1. The predicted octanol–water partition coefficient (Wildman–Crippen LogP) is 1.88. The van der Waals surface area contributed by atoms with Gasteiger partial charge in [0.2, 0.25) is 0 Å². The topological polar surface area (TPSA) is 32.5 Å². The molecule has 0 amide bonds. The van der Waals surface area contributed by atoms with Crippen molar-refractivity contribution in [2.45, 2.75) is 19.4 Å². The summed E-state index contributed by atoms with van der Waals surface area (Å²) in [5.41, 5.74) is 8.63. The molecule has 1 aromatic carbocycles. The maximum absolute atomic E-state index is 5.99. The summed E-state index contributed by atoms with van der Waals surface area (Å²) in [6.45, 7) is 6.40. The predicted molar refractivity (Wildman–Crippen MR) is 81.2 cm³/mol. The Morgan fingerprint density at radius 1 is 1.37 bits per heavy atom. The third-order valence-corrected chi connectivity index (χ3v) is 4.25. The molecule has 3 heteroatoms. The summed E-state index contributed by atoms with van der Waals surface area (Å²) in [5.74, 6) is 0.787. The minimum atomic E-state index is 0.339. The number of rotatable bonds is 5. The van der Waals surface area contributed by atoms with Crippen LogP contribution in [0.5, 0.6) is 0 Å². The van der Waals surface area contributed by atoms with Crippen LogP contribution in [0.2, 0.25) is 0 Å². The summed E-state index contributed by atoms with van der Waals surface area (Å²) >= 11 is 0. The number of likely N-dealkylation sites (tertiary alicyclic amines) is 1. The van der Waals surface area contributed by atoms with E-state index in [-0.39, 0.29) is 0 Å². The molecule has 106 valence electrons. The van der Waals surface area contributed by atoms with E-state index in [1.165, 1.54) is 30.6 Å². The zero-order valence-electron chi connectivity index (χ0n) is 12.5. The van der Waals surface area contributed by atoms with E-state index >= 15 is 0 Å². The number of aryl methyl sites for hydroxylation is 1. The third kappa shape index (κ3) is 3.78. The lowest BCUT2D eigenvalue weighted by Gasteiger charge is -2.29. The van der Waals surface area contributed by atoms with E-state index in [2.05, 4.69) is 55.1 Å². The largest absolute Gasteiger partial charge is 0.329 e. The first-order valence-corrected chi connectivity index (χ1v) is 7.25. The quantitative estimate of drug-likeness (QED) is 0.878. The van der Waals surface area contributed by atoms with Crippen LogP contribution in [0.3, 0.4) is 0 Å². The summed E-state index contributed by atoms with van der Waals surface area (Å²) in [4.78, 5) is 4.84. The van der Waals surface area contributed by atoms with Gasteiger partial charge in [0.1, 0.15) is 0 Å². The van der Waals surface area contributed by atoms with Gasteiger partial charge >= 0.3 is 0 Å². The molecule has 2 rings (SSSR count). The highest BCUT2D eigenvalue weighted by molar-refractivity contribution is 5.24. The van der Waals surface area contributed by atoms with Crippen molar-refractivity contribution >= 4 is 0 Å². The second-order valence-electron chi connectivity index (χ2n) is 6.02. The Morgan fingerprint density at radius 2 is 2.05 bits per heavy atom. The van der Waals surface area contributed by atoms with E-state index < -0.39 is 0 Å². The smallest absolute Gasteiger partial charge is 0.0467 e. The molecule has 2 N–H and O–H groups in total. The minimum Gasteiger partial charge on any atom is -0.329 e. The Balaban J connectivity index is 1.98. The van der Waals surface area contributed by atoms with Gasteiger partial charge in [0.15, 0.2) is 0 Å². The zero-order chi connectivity index (χ0) is 13.8. The van der Waals surface area contributed by atoms with Crippen LogP contribution >= 0.6 is 0 Å². The van der Waals surface area contributed by atoms with E-state index in [0.29, 0.717) is 12.6 Å². The molecule has 3 nitrogen and oxygen atoms in total. The Bertz CT molecular complexity index is 387. The molecule has 19 heavy (non-hydrogen) atoms. The average molecular weight is 261 g/mol. The molecule has 0 bridgehead atoms. The van der Waals surface area contributed by atoms with Gasteiger partial charge in [0.25, 0.3) is 0 Å². The standard InChI is InChI=1S/C16H27N3/c1-13-4-6-15(7-5-13)16(10-17)19(3)12-14-8-9-18(2)11-14/h4-7,14,16H,8-12,17H2,1-3H3. The number of nitrogens with two attached hydrogens (primary N) is 1. The minimum absolute atomic E-state index is 0.339. The molecule has 1 aliphatic heterocycles. The van der Waals surface area contributed by atoms with Gasteiger partial charge in [-0.1, -0.05) is 29.8 Å². The van der Waals surface area contributed by atoms with Gasteiger partial charge in [-0.05, 0) is 45.5 Å². The van der Waals surface area contributed by atoms with Crippen molar-refractivity contribution in [1.29, 1.82) is 0 Å². The maximum atomic E-state index is 5.99. The van der Waals surface area contributed by atoms with Crippen LogP contribution in [0.4, 0.5) is 0 Å². The van der Waals surface area contributed by atoms with Gasteiger partial charge in [-0.15, -0.1) is 0 Å². The van der Waals surface area contributed by atoms with Crippen molar-refractivity contribution in [2.24, 2.45) is 11.7 Å². The monoisotopic (exact) mass is 261 g/mol. The van der Waals surface area contributed by atoms with Crippen LogP contribution in [0.25, 0.3) is 0 Å². The SMILES string of the molecule is Cc1ccc(C(CN)N(C)CC2CCN(C)C2)cc1. The fourth-order valence-electron chi connectivity index (χ4n) is 3.07. The molecule has 2 atom stereocenters. The molecule has 0 spiro atoms. The summed E-state index contributed by atoms with van der Waals surface area (Å²) in [6, 6.07) is 9.12. The highest BCUT2D eigenvalue weighted by Crippen LogP contribution is 2.22. The van der Waals surface area contributed by atoms with Crippen LogP contribution in [-0.4, -0.2) is 50.1 Å². The number of benzene rings is 1. The first kappa shape index (κ1) is 14.5. The number of hydrogen-bond donors (Lipinski definition) is 1. The van der Waals surface area contributed by atoms with Crippen molar-refractivity contribution < 1.29 is 0 Å². The molecule has 2 unspecified atom stereocenters. The van der Waals surface area contributed by atoms with Crippen molar-refractivity contribution in [2.75, 3.05) is 40.3 Å². The maximum Gasteiger partial charge on any atom is 0.0467 e. The van der Waals surface area contributed by atoms with Crippen LogP contribution in [0.15, 0.2) is 24.3 Å². The van der Waals surface area contributed by atoms with E-state index in [1.54, 1.807) is 0 Å². The van der Waals surface area contributed by atoms with E-state index in [0.717, 1.165) is 12.5 Å². The van der Waals surface area contributed by atoms with Gasteiger partial charge in [-0.25, -0.2) is 0 Å². The van der Waals surface area contributed by atoms with Crippen LogP contribution in [0.1, 0.15) is 23.6 Å². The molecule has 1 aromatic rings. The van der Waals surface area contributed by atoms with Gasteiger partial charge in [-0.2, -0.15) is 0 Å². The van der Waals surface area contributed by atoms with Gasteiger partial charge in [0, 0.05) is 25.7 Å².